The Morgan fingerprint density at radius 2 is 1.92 bits per heavy atom. The van der Waals surface area contributed by atoms with Crippen LogP contribution in [0.25, 0.3) is 0 Å². The van der Waals surface area contributed by atoms with Crippen LogP contribution < -0.4 is 11.1 Å². The molecular weight excluding hydrogens is 362 g/mol. The molecule has 25 heavy (non-hydrogen) atoms. The van der Waals surface area contributed by atoms with Gasteiger partial charge in [-0.2, -0.15) is 4.31 Å². The van der Waals surface area contributed by atoms with Crippen molar-refractivity contribution in [3.8, 4) is 0 Å². The Balaban J connectivity index is 0.00000312. The van der Waals surface area contributed by atoms with E-state index >= 15 is 0 Å². The molecule has 1 atom stereocenters. The first kappa shape index (κ1) is 21.9. The number of hydrogen-bond acceptors (Lipinski definition) is 4. The van der Waals surface area contributed by atoms with Crippen LogP contribution in [0.4, 0.5) is 5.69 Å². The molecule has 0 aliphatic carbocycles. The molecule has 1 aromatic rings. The third-order valence-electron chi connectivity index (χ3n) is 4.33. The van der Waals surface area contributed by atoms with Crippen molar-refractivity contribution >= 4 is 34.0 Å². The lowest BCUT2D eigenvalue weighted by molar-refractivity contribution is -0.120. The minimum Gasteiger partial charge on any atom is -0.324 e. The molecule has 0 radical (unpaired) electrons. The average Bonchev–Trinajstić information content (AvgIpc) is 2.56. The molecule has 142 valence electrons. The van der Waals surface area contributed by atoms with Crippen molar-refractivity contribution < 1.29 is 13.2 Å². The highest BCUT2D eigenvalue weighted by molar-refractivity contribution is 7.89. The normalized spacial score (nSPS) is 18.0. The van der Waals surface area contributed by atoms with Gasteiger partial charge in [0.15, 0.2) is 0 Å². The van der Waals surface area contributed by atoms with Crippen molar-refractivity contribution in [2.45, 2.75) is 56.4 Å². The van der Waals surface area contributed by atoms with Gasteiger partial charge in [0, 0.05) is 18.8 Å². The van der Waals surface area contributed by atoms with Crippen LogP contribution in [-0.4, -0.2) is 37.3 Å². The van der Waals surface area contributed by atoms with E-state index < -0.39 is 15.6 Å². The first-order valence-electron chi connectivity index (χ1n) is 8.48. The lowest BCUT2D eigenvalue weighted by atomic mass is 9.96. The molecule has 0 spiro atoms. The van der Waals surface area contributed by atoms with E-state index in [0.717, 1.165) is 25.7 Å². The minimum atomic E-state index is -3.52. The topological polar surface area (TPSA) is 92.5 Å². The van der Waals surface area contributed by atoms with Crippen LogP contribution in [0.3, 0.4) is 0 Å². The largest absolute Gasteiger partial charge is 0.324 e. The minimum absolute atomic E-state index is 0. The highest BCUT2D eigenvalue weighted by Gasteiger charge is 2.29. The third-order valence-corrected chi connectivity index (χ3v) is 6.23. The lowest BCUT2D eigenvalue weighted by Crippen LogP contribution is -2.48. The van der Waals surface area contributed by atoms with E-state index in [1.54, 1.807) is 25.1 Å². The zero-order valence-electron chi connectivity index (χ0n) is 14.8. The predicted molar refractivity (Wildman–Crippen MR) is 102 cm³/mol. The first-order chi connectivity index (χ1) is 11.3. The molecule has 1 saturated heterocycles. The molecule has 1 aliphatic rings. The number of hydrogen-bond donors (Lipinski definition) is 2. The Morgan fingerprint density at radius 3 is 2.52 bits per heavy atom. The van der Waals surface area contributed by atoms with Gasteiger partial charge < -0.3 is 11.1 Å². The van der Waals surface area contributed by atoms with E-state index in [1.807, 2.05) is 6.92 Å². The van der Waals surface area contributed by atoms with Crippen molar-refractivity contribution in [3.05, 3.63) is 24.3 Å². The van der Waals surface area contributed by atoms with Crippen molar-refractivity contribution in [1.29, 1.82) is 0 Å². The maximum Gasteiger partial charge on any atom is 0.244 e. The van der Waals surface area contributed by atoms with Crippen molar-refractivity contribution in [2.24, 2.45) is 5.73 Å². The zero-order valence-corrected chi connectivity index (χ0v) is 16.5. The Labute approximate surface area is 156 Å². The van der Waals surface area contributed by atoms with Gasteiger partial charge in [0.25, 0.3) is 0 Å². The number of benzene rings is 1. The molecular formula is C17H28ClN3O3S. The first-order valence-corrected chi connectivity index (χ1v) is 9.92. The van der Waals surface area contributed by atoms with Crippen LogP contribution in [-0.2, 0) is 14.8 Å². The highest BCUT2D eigenvalue weighted by Crippen LogP contribution is 2.23. The predicted octanol–water partition coefficient (Wildman–Crippen LogP) is 2.74. The molecule has 6 nitrogen and oxygen atoms in total. The number of halogens is 1. The molecule has 0 aromatic heterocycles. The molecule has 3 N–H and O–H groups in total. The standard InChI is InChI=1S/C17H27N3O3S.ClH/c1-3-10-17(2,18)16(21)19-14-8-7-9-15(13-14)24(22,23)20-11-5-4-6-12-20;/h7-9,13H,3-6,10-12,18H2,1-2H3,(H,19,21);1H. The van der Waals surface area contributed by atoms with Gasteiger partial charge in [-0.1, -0.05) is 25.8 Å². The summed E-state index contributed by atoms with van der Waals surface area (Å²) in [6, 6.07) is 6.38. The summed E-state index contributed by atoms with van der Waals surface area (Å²) in [6.45, 7) is 4.75. The Hall–Kier alpha value is -1.15. The third kappa shape index (κ3) is 5.41. The number of rotatable bonds is 6. The number of piperidine rings is 1. The summed E-state index contributed by atoms with van der Waals surface area (Å²) < 4.78 is 26.9. The number of anilines is 1. The van der Waals surface area contributed by atoms with Crippen LogP contribution in [0.2, 0.25) is 0 Å². The van der Waals surface area contributed by atoms with Gasteiger partial charge in [0.2, 0.25) is 15.9 Å². The molecule has 1 heterocycles. The molecule has 8 heteroatoms. The summed E-state index contributed by atoms with van der Waals surface area (Å²) in [4.78, 5) is 12.5. The summed E-state index contributed by atoms with van der Waals surface area (Å²) in [5.74, 6) is -0.308. The van der Waals surface area contributed by atoms with Gasteiger partial charge in [-0.3, -0.25) is 4.79 Å². The Morgan fingerprint density at radius 1 is 1.28 bits per heavy atom. The van der Waals surface area contributed by atoms with Crippen molar-refractivity contribution in [3.63, 3.8) is 0 Å². The Bertz CT molecular complexity index is 686. The summed E-state index contributed by atoms with van der Waals surface area (Å²) >= 11 is 0. The second-order valence-corrected chi connectivity index (χ2v) is 8.55. The van der Waals surface area contributed by atoms with Gasteiger partial charge in [-0.05, 0) is 44.4 Å². The number of amides is 1. The number of sulfonamides is 1. The molecule has 0 bridgehead atoms. The highest BCUT2D eigenvalue weighted by atomic mass is 35.5. The van der Waals surface area contributed by atoms with Gasteiger partial charge in [0.1, 0.15) is 0 Å². The van der Waals surface area contributed by atoms with E-state index in [2.05, 4.69) is 5.32 Å². The quantitative estimate of drug-likeness (QED) is 0.782. The van der Waals surface area contributed by atoms with Crippen LogP contribution in [0.5, 0.6) is 0 Å². The summed E-state index contributed by atoms with van der Waals surface area (Å²) in [5, 5.41) is 2.74. The smallest absolute Gasteiger partial charge is 0.244 e. The molecule has 1 fully saturated rings. The van der Waals surface area contributed by atoms with Gasteiger partial charge >= 0.3 is 0 Å². The molecule has 1 aliphatic heterocycles. The van der Waals surface area contributed by atoms with Gasteiger partial charge in [-0.25, -0.2) is 8.42 Å². The van der Waals surface area contributed by atoms with Crippen LogP contribution in [0.15, 0.2) is 29.2 Å². The van der Waals surface area contributed by atoms with Crippen LogP contribution >= 0.6 is 12.4 Å². The number of carbonyl (C=O) groups excluding carboxylic acids is 1. The maximum absolute atomic E-state index is 12.7. The van der Waals surface area contributed by atoms with E-state index in [4.69, 9.17) is 5.73 Å². The number of nitrogens with two attached hydrogens (primary N) is 1. The van der Waals surface area contributed by atoms with Crippen molar-refractivity contribution in [2.75, 3.05) is 18.4 Å². The monoisotopic (exact) mass is 389 g/mol. The average molecular weight is 390 g/mol. The molecule has 0 saturated carbocycles. The van der Waals surface area contributed by atoms with E-state index in [1.165, 1.54) is 10.4 Å². The zero-order chi connectivity index (χ0) is 17.8. The lowest BCUT2D eigenvalue weighted by Gasteiger charge is -2.26. The molecule has 1 amide bonds. The number of nitrogens with one attached hydrogen (secondary N) is 1. The Kier molecular flexibility index (Phi) is 7.87. The van der Waals surface area contributed by atoms with Gasteiger partial charge in [0.05, 0.1) is 10.4 Å². The molecule has 1 unspecified atom stereocenters. The number of nitrogens with zero attached hydrogens (tertiary/aromatic N) is 1. The van der Waals surface area contributed by atoms with E-state index in [9.17, 15) is 13.2 Å². The SMILES string of the molecule is CCCC(C)(N)C(=O)Nc1cccc(S(=O)(=O)N2CCCCC2)c1.Cl. The summed E-state index contributed by atoms with van der Waals surface area (Å²) in [5.41, 5.74) is 5.50. The van der Waals surface area contributed by atoms with Crippen LogP contribution in [0, 0.1) is 0 Å². The number of carbonyl (C=O) groups is 1. The van der Waals surface area contributed by atoms with E-state index in [-0.39, 0.29) is 23.2 Å². The second kappa shape index (κ2) is 8.98. The van der Waals surface area contributed by atoms with Gasteiger partial charge in [-0.15, -0.1) is 12.4 Å². The second-order valence-electron chi connectivity index (χ2n) is 6.61. The summed E-state index contributed by atoms with van der Waals surface area (Å²) in [6.07, 6.45) is 4.19. The summed E-state index contributed by atoms with van der Waals surface area (Å²) in [7, 11) is -3.52. The fourth-order valence-electron chi connectivity index (χ4n) is 2.90. The van der Waals surface area contributed by atoms with Crippen LogP contribution in [0.1, 0.15) is 46.0 Å². The molecule has 1 aromatic carbocycles. The fraction of sp³-hybridized carbons (Fsp3) is 0.588. The van der Waals surface area contributed by atoms with E-state index in [0.29, 0.717) is 25.2 Å². The van der Waals surface area contributed by atoms with Crippen molar-refractivity contribution in [1.82, 2.24) is 4.31 Å². The fourth-order valence-corrected chi connectivity index (χ4v) is 4.46. The maximum atomic E-state index is 12.7. The molecule has 2 rings (SSSR count).